The Hall–Kier alpha value is -2.44. The highest BCUT2D eigenvalue weighted by Crippen LogP contribution is 2.07. The Balaban J connectivity index is 1.89. The number of nitrogens with one attached hydrogen (secondary N) is 2. The van der Waals surface area contributed by atoms with E-state index in [0.29, 0.717) is 13.0 Å². The molecular weight excluding hydrogens is 311 g/mol. The van der Waals surface area contributed by atoms with Gasteiger partial charge in [-0.1, -0.05) is 42.5 Å². The molecule has 0 bridgehead atoms. The maximum absolute atomic E-state index is 13.1. The molecule has 0 unspecified atom stereocenters. The van der Waals surface area contributed by atoms with Gasteiger partial charge in [0.25, 0.3) is 0 Å². The predicted octanol–water partition coefficient (Wildman–Crippen LogP) is 2.16. The Morgan fingerprint density at radius 2 is 1.79 bits per heavy atom. The topological polar surface area (TPSA) is 81.6 Å². The summed E-state index contributed by atoms with van der Waals surface area (Å²) >= 11 is 0. The summed E-state index contributed by atoms with van der Waals surface area (Å²) in [5.41, 5.74) is 1.69. The third kappa shape index (κ3) is 5.98. The van der Waals surface area contributed by atoms with E-state index in [-0.39, 0.29) is 12.4 Å². The van der Waals surface area contributed by atoms with Crippen LogP contribution < -0.4 is 10.6 Å². The monoisotopic (exact) mass is 332 g/mol. The average Bonchev–Trinajstić information content (AvgIpc) is 2.55. The van der Waals surface area contributed by atoms with Crippen molar-refractivity contribution in [2.24, 2.45) is 0 Å². The van der Waals surface area contributed by atoms with Crippen LogP contribution >= 0.6 is 0 Å². The zero-order chi connectivity index (χ0) is 17.4. The zero-order valence-corrected chi connectivity index (χ0v) is 13.2. The number of hydrogen-bond acceptors (Lipinski definition) is 3. The van der Waals surface area contributed by atoms with Crippen molar-refractivity contribution in [3.05, 3.63) is 71.5 Å². The number of hydrogen-bond donors (Lipinski definition) is 4. The Morgan fingerprint density at radius 1 is 1.08 bits per heavy atom. The largest absolute Gasteiger partial charge is 0.465 e. The number of amides is 1. The standard InChI is InChI=1S/C18H21FN2O3/c19-15-8-4-7-14(9-15)11-20-12-17(22)16(21-18(23)24)10-13-5-2-1-3-6-13/h1-9,16-17,20-22H,10-12H2,(H,23,24)/t16-,17-/m0/s1. The number of benzene rings is 2. The van der Waals surface area contributed by atoms with Gasteiger partial charge in [0.2, 0.25) is 0 Å². The van der Waals surface area contributed by atoms with Crippen molar-refractivity contribution in [2.75, 3.05) is 6.54 Å². The molecule has 24 heavy (non-hydrogen) atoms. The van der Waals surface area contributed by atoms with Gasteiger partial charge in [0.15, 0.2) is 0 Å². The fraction of sp³-hybridized carbons (Fsp3) is 0.278. The Kier molecular flexibility index (Phi) is 6.72. The zero-order valence-electron chi connectivity index (χ0n) is 13.2. The van der Waals surface area contributed by atoms with Crippen LogP contribution in [0.2, 0.25) is 0 Å². The van der Waals surface area contributed by atoms with E-state index in [4.69, 9.17) is 5.11 Å². The lowest BCUT2D eigenvalue weighted by atomic mass is 10.0. The van der Waals surface area contributed by atoms with E-state index >= 15 is 0 Å². The Labute approximate surface area is 140 Å². The van der Waals surface area contributed by atoms with Gasteiger partial charge in [0, 0.05) is 13.1 Å². The molecule has 2 aromatic carbocycles. The van der Waals surface area contributed by atoms with E-state index in [2.05, 4.69) is 10.6 Å². The molecule has 0 saturated carbocycles. The van der Waals surface area contributed by atoms with Crippen molar-refractivity contribution >= 4 is 6.09 Å². The summed E-state index contributed by atoms with van der Waals surface area (Å²) in [6.07, 6.45) is -1.70. The van der Waals surface area contributed by atoms with Crippen LogP contribution in [0.5, 0.6) is 0 Å². The number of aliphatic hydroxyl groups is 1. The summed E-state index contributed by atoms with van der Waals surface area (Å²) in [5, 5.41) is 24.6. The molecule has 2 atom stereocenters. The van der Waals surface area contributed by atoms with Crippen LogP contribution in [-0.4, -0.2) is 35.0 Å². The summed E-state index contributed by atoms with van der Waals surface area (Å²) in [6.45, 7) is 0.578. The Bertz CT molecular complexity index is 652. The first-order chi connectivity index (χ1) is 11.5. The van der Waals surface area contributed by atoms with E-state index in [0.717, 1.165) is 11.1 Å². The molecule has 0 aliphatic carbocycles. The Morgan fingerprint density at radius 3 is 2.46 bits per heavy atom. The molecule has 2 rings (SSSR count). The molecular formula is C18H21FN2O3. The van der Waals surface area contributed by atoms with Crippen LogP contribution in [-0.2, 0) is 13.0 Å². The summed E-state index contributed by atoms with van der Waals surface area (Å²) in [4.78, 5) is 11.0. The summed E-state index contributed by atoms with van der Waals surface area (Å²) < 4.78 is 13.1. The second kappa shape index (κ2) is 9.00. The fourth-order valence-electron chi connectivity index (χ4n) is 2.46. The van der Waals surface area contributed by atoms with E-state index < -0.39 is 18.2 Å². The lowest BCUT2D eigenvalue weighted by Gasteiger charge is -2.23. The summed E-state index contributed by atoms with van der Waals surface area (Å²) in [5.74, 6) is -0.315. The van der Waals surface area contributed by atoms with E-state index in [1.54, 1.807) is 12.1 Å². The molecule has 0 aliphatic heterocycles. The van der Waals surface area contributed by atoms with Gasteiger partial charge in [-0.05, 0) is 29.7 Å². The van der Waals surface area contributed by atoms with Gasteiger partial charge in [0.05, 0.1) is 12.1 Å². The van der Waals surface area contributed by atoms with Crippen molar-refractivity contribution in [3.63, 3.8) is 0 Å². The maximum Gasteiger partial charge on any atom is 0.404 e. The van der Waals surface area contributed by atoms with E-state index in [1.807, 2.05) is 30.3 Å². The number of aliphatic hydroxyl groups excluding tert-OH is 1. The van der Waals surface area contributed by atoms with Crippen molar-refractivity contribution in [1.29, 1.82) is 0 Å². The van der Waals surface area contributed by atoms with Crippen molar-refractivity contribution < 1.29 is 19.4 Å². The van der Waals surface area contributed by atoms with Crippen LogP contribution in [0.15, 0.2) is 54.6 Å². The number of carboxylic acid groups (broad SMARTS) is 1. The molecule has 0 fully saturated rings. The molecule has 5 nitrogen and oxygen atoms in total. The normalized spacial score (nSPS) is 13.2. The molecule has 2 aromatic rings. The van der Waals surface area contributed by atoms with Crippen molar-refractivity contribution in [3.8, 4) is 0 Å². The lowest BCUT2D eigenvalue weighted by Crippen LogP contribution is -2.48. The van der Waals surface area contributed by atoms with Gasteiger partial charge in [-0.2, -0.15) is 0 Å². The van der Waals surface area contributed by atoms with Crippen molar-refractivity contribution in [2.45, 2.75) is 25.1 Å². The van der Waals surface area contributed by atoms with Crippen molar-refractivity contribution in [1.82, 2.24) is 10.6 Å². The molecule has 1 amide bonds. The first kappa shape index (κ1) is 17.9. The molecule has 0 heterocycles. The molecule has 0 aliphatic rings. The third-order valence-corrected chi connectivity index (χ3v) is 3.64. The first-order valence-corrected chi connectivity index (χ1v) is 7.71. The smallest absolute Gasteiger partial charge is 0.404 e. The number of halogens is 1. The highest BCUT2D eigenvalue weighted by molar-refractivity contribution is 5.65. The molecule has 6 heteroatoms. The second-order valence-electron chi connectivity index (χ2n) is 5.57. The molecule has 128 valence electrons. The number of rotatable bonds is 8. The third-order valence-electron chi connectivity index (χ3n) is 3.64. The minimum atomic E-state index is -1.18. The molecule has 4 N–H and O–H groups in total. The maximum atomic E-state index is 13.1. The average molecular weight is 332 g/mol. The minimum absolute atomic E-state index is 0.189. The second-order valence-corrected chi connectivity index (χ2v) is 5.57. The van der Waals surface area contributed by atoms with Crippen LogP contribution in [0, 0.1) is 5.82 Å². The van der Waals surface area contributed by atoms with Gasteiger partial charge in [-0.15, -0.1) is 0 Å². The van der Waals surface area contributed by atoms with Gasteiger partial charge >= 0.3 is 6.09 Å². The molecule has 0 radical (unpaired) electrons. The van der Waals surface area contributed by atoms with Crippen LogP contribution in [0.1, 0.15) is 11.1 Å². The van der Waals surface area contributed by atoms with Crippen LogP contribution in [0.25, 0.3) is 0 Å². The highest BCUT2D eigenvalue weighted by atomic mass is 19.1. The van der Waals surface area contributed by atoms with E-state index in [9.17, 15) is 14.3 Å². The fourth-order valence-corrected chi connectivity index (χ4v) is 2.46. The SMILES string of the molecule is O=C(O)N[C@@H](Cc1ccccc1)[C@@H](O)CNCc1cccc(F)c1. The quantitative estimate of drug-likeness (QED) is 0.597. The predicted molar refractivity (Wildman–Crippen MR) is 89.2 cm³/mol. The van der Waals surface area contributed by atoms with Gasteiger partial charge in [-0.3, -0.25) is 0 Å². The minimum Gasteiger partial charge on any atom is -0.465 e. The molecule has 0 spiro atoms. The molecule has 0 saturated heterocycles. The molecule has 0 aromatic heterocycles. The summed E-state index contributed by atoms with van der Waals surface area (Å²) in [6, 6.07) is 14.9. The van der Waals surface area contributed by atoms with Gasteiger partial charge < -0.3 is 20.8 Å². The van der Waals surface area contributed by atoms with Gasteiger partial charge in [0.1, 0.15) is 5.82 Å². The number of carbonyl (C=O) groups is 1. The first-order valence-electron chi connectivity index (χ1n) is 7.71. The highest BCUT2D eigenvalue weighted by Gasteiger charge is 2.21. The van der Waals surface area contributed by atoms with Crippen LogP contribution in [0.3, 0.4) is 0 Å². The lowest BCUT2D eigenvalue weighted by molar-refractivity contribution is 0.117. The van der Waals surface area contributed by atoms with Gasteiger partial charge in [-0.25, -0.2) is 9.18 Å². The summed E-state index contributed by atoms with van der Waals surface area (Å²) in [7, 11) is 0. The van der Waals surface area contributed by atoms with Crippen LogP contribution in [0.4, 0.5) is 9.18 Å². The van der Waals surface area contributed by atoms with E-state index in [1.165, 1.54) is 12.1 Å².